The number of hydrogen-bond donors (Lipinski definition) is 0. The Morgan fingerprint density at radius 1 is 1.47 bits per heavy atom. The van der Waals surface area contributed by atoms with Gasteiger partial charge in [0.1, 0.15) is 0 Å². The van der Waals surface area contributed by atoms with Crippen LogP contribution in [0.3, 0.4) is 0 Å². The van der Waals surface area contributed by atoms with Gasteiger partial charge in [-0.2, -0.15) is 0 Å². The summed E-state index contributed by atoms with van der Waals surface area (Å²) in [6.45, 7) is 6.74. The topological polar surface area (TPSA) is 25.2 Å². The fourth-order valence-corrected chi connectivity index (χ4v) is 2.01. The molecule has 3 nitrogen and oxygen atoms in total. The average Bonchev–Trinajstić information content (AvgIpc) is 2.62. The fraction of sp³-hybridized carbons (Fsp3) is 0.583. The standard InChI is InChI=1S/C12H18N2O/c1-10(2)8-12(15)14-7-6-13-5-3-4-11(13)9-14/h3-5,10H,6-9H2,1-2H3. The number of rotatable bonds is 2. The third-order valence-electron chi connectivity index (χ3n) is 2.82. The van der Waals surface area contributed by atoms with Crippen molar-refractivity contribution in [2.24, 2.45) is 5.92 Å². The summed E-state index contributed by atoms with van der Waals surface area (Å²) in [6, 6.07) is 4.14. The minimum absolute atomic E-state index is 0.289. The summed E-state index contributed by atoms with van der Waals surface area (Å²) in [6.07, 6.45) is 2.75. The molecule has 2 heterocycles. The van der Waals surface area contributed by atoms with Gasteiger partial charge < -0.3 is 9.47 Å². The fourth-order valence-electron chi connectivity index (χ4n) is 2.01. The molecule has 0 aromatic carbocycles. The molecule has 0 bridgehead atoms. The van der Waals surface area contributed by atoms with Gasteiger partial charge in [0, 0.05) is 31.4 Å². The van der Waals surface area contributed by atoms with Gasteiger partial charge >= 0.3 is 0 Å². The molecule has 1 aromatic rings. The molecular weight excluding hydrogens is 188 g/mol. The van der Waals surface area contributed by atoms with Gasteiger partial charge in [0.05, 0.1) is 6.54 Å². The van der Waals surface area contributed by atoms with E-state index in [9.17, 15) is 4.79 Å². The van der Waals surface area contributed by atoms with Crippen LogP contribution in [0.1, 0.15) is 26.0 Å². The molecule has 1 amide bonds. The Labute approximate surface area is 90.7 Å². The molecule has 0 saturated carbocycles. The van der Waals surface area contributed by atoms with Crippen LogP contribution in [0.5, 0.6) is 0 Å². The van der Waals surface area contributed by atoms with E-state index in [-0.39, 0.29) is 5.91 Å². The van der Waals surface area contributed by atoms with Gasteiger partial charge in [-0.25, -0.2) is 0 Å². The molecule has 0 radical (unpaired) electrons. The average molecular weight is 206 g/mol. The van der Waals surface area contributed by atoms with E-state index in [1.165, 1.54) is 5.69 Å². The Morgan fingerprint density at radius 2 is 2.27 bits per heavy atom. The highest BCUT2D eigenvalue weighted by molar-refractivity contribution is 5.76. The number of amides is 1. The highest BCUT2D eigenvalue weighted by Crippen LogP contribution is 2.15. The predicted octanol–water partition coefficient (Wildman–Crippen LogP) is 1.88. The smallest absolute Gasteiger partial charge is 0.223 e. The number of aromatic nitrogens is 1. The van der Waals surface area contributed by atoms with Crippen molar-refractivity contribution in [3.8, 4) is 0 Å². The zero-order valence-electron chi connectivity index (χ0n) is 9.44. The maximum absolute atomic E-state index is 11.9. The van der Waals surface area contributed by atoms with Crippen molar-refractivity contribution in [1.29, 1.82) is 0 Å². The maximum Gasteiger partial charge on any atom is 0.223 e. The lowest BCUT2D eigenvalue weighted by atomic mass is 10.1. The van der Waals surface area contributed by atoms with E-state index in [1.807, 2.05) is 11.0 Å². The van der Waals surface area contributed by atoms with Crippen LogP contribution in [0.15, 0.2) is 18.3 Å². The number of hydrogen-bond acceptors (Lipinski definition) is 1. The zero-order valence-corrected chi connectivity index (χ0v) is 9.44. The molecule has 0 atom stereocenters. The van der Waals surface area contributed by atoms with E-state index in [4.69, 9.17) is 0 Å². The van der Waals surface area contributed by atoms with E-state index in [1.54, 1.807) is 0 Å². The summed E-state index contributed by atoms with van der Waals surface area (Å²) in [5.74, 6) is 0.740. The maximum atomic E-state index is 11.9. The summed E-state index contributed by atoms with van der Waals surface area (Å²) in [7, 11) is 0. The van der Waals surface area contributed by atoms with Gasteiger partial charge in [-0.3, -0.25) is 4.79 Å². The van der Waals surface area contributed by atoms with Crippen molar-refractivity contribution in [3.63, 3.8) is 0 Å². The van der Waals surface area contributed by atoms with Crippen molar-refractivity contribution in [2.45, 2.75) is 33.4 Å². The van der Waals surface area contributed by atoms with Crippen molar-refractivity contribution in [3.05, 3.63) is 24.0 Å². The van der Waals surface area contributed by atoms with Crippen LogP contribution in [0, 0.1) is 5.92 Å². The van der Waals surface area contributed by atoms with Crippen molar-refractivity contribution in [1.82, 2.24) is 9.47 Å². The quantitative estimate of drug-likeness (QED) is 0.725. The second kappa shape index (κ2) is 4.09. The molecule has 3 heteroatoms. The molecule has 1 aliphatic heterocycles. The minimum Gasteiger partial charge on any atom is -0.348 e. The number of carbonyl (C=O) groups is 1. The van der Waals surface area contributed by atoms with Gasteiger partial charge in [0.15, 0.2) is 0 Å². The number of carbonyl (C=O) groups excluding carboxylic acids is 1. The Hall–Kier alpha value is -1.25. The van der Waals surface area contributed by atoms with Crippen LogP contribution >= 0.6 is 0 Å². The highest BCUT2D eigenvalue weighted by atomic mass is 16.2. The van der Waals surface area contributed by atoms with Crippen molar-refractivity contribution in [2.75, 3.05) is 6.54 Å². The molecular formula is C12H18N2O. The number of nitrogens with zero attached hydrogens (tertiary/aromatic N) is 2. The summed E-state index contributed by atoms with van der Waals surface area (Å²) < 4.78 is 2.22. The van der Waals surface area contributed by atoms with Crippen LogP contribution in [0.4, 0.5) is 0 Å². The monoisotopic (exact) mass is 206 g/mol. The highest BCUT2D eigenvalue weighted by Gasteiger charge is 2.20. The Kier molecular flexibility index (Phi) is 2.80. The van der Waals surface area contributed by atoms with Gasteiger partial charge in [-0.15, -0.1) is 0 Å². The molecule has 0 unspecified atom stereocenters. The minimum atomic E-state index is 0.289. The summed E-state index contributed by atoms with van der Waals surface area (Å²) in [5, 5.41) is 0. The Morgan fingerprint density at radius 3 is 3.00 bits per heavy atom. The van der Waals surface area contributed by atoms with E-state index in [0.717, 1.165) is 19.6 Å². The van der Waals surface area contributed by atoms with E-state index < -0.39 is 0 Å². The second-order valence-electron chi connectivity index (χ2n) is 4.61. The first-order chi connectivity index (χ1) is 7.16. The van der Waals surface area contributed by atoms with E-state index in [0.29, 0.717) is 12.3 Å². The summed E-state index contributed by atoms with van der Waals surface area (Å²) in [5.41, 5.74) is 1.25. The molecule has 0 aliphatic carbocycles. The molecule has 15 heavy (non-hydrogen) atoms. The largest absolute Gasteiger partial charge is 0.348 e. The molecule has 0 saturated heterocycles. The second-order valence-corrected chi connectivity index (χ2v) is 4.61. The Bertz CT molecular complexity index is 354. The lowest BCUT2D eigenvalue weighted by Crippen LogP contribution is -2.38. The van der Waals surface area contributed by atoms with Crippen molar-refractivity contribution >= 4 is 5.91 Å². The van der Waals surface area contributed by atoms with Gasteiger partial charge in [0.2, 0.25) is 5.91 Å². The third kappa shape index (κ3) is 2.22. The molecule has 1 aliphatic rings. The van der Waals surface area contributed by atoms with Crippen molar-refractivity contribution < 1.29 is 4.79 Å². The molecule has 2 rings (SSSR count). The molecule has 1 aromatic heterocycles. The van der Waals surface area contributed by atoms with Crippen LogP contribution in [0.25, 0.3) is 0 Å². The van der Waals surface area contributed by atoms with Crippen LogP contribution in [-0.2, 0) is 17.9 Å². The van der Waals surface area contributed by atoms with Gasteiger partial charge in [0.25, 0.3) is 0 Å². The molecule has 0 fully saturated rings. The van der Waals surface area contributed by atoms with E-state index >= 15 is 0 Å². The first-order valence-corrected chi connectivity index (χ1v) is 5.58. The zero-order chi connectivity index (χ0) is 10.8. The molecule has 0 spiro atoms. The van der Waals surface area contributed by atoms with Crippen LogP contribution in [0.2, 0.25) is 0 Å². The third-order valence-corrected chi connectivity index (χ3v) is 2.82. The predicted molar refractivity (Wildman–Crippen MR) is 59.3 cm³/mol. The molecule has 82 valence electrons. The normalized spacial score (nSPS) is 15.5. The van der Waals surface area contributed by atoms with Crippen LogP contribution < -0.4 is 0 Å². The van der Waals surface area contributed by atoms with E-state index in [2.05, 4.69) is 30.7 Å². The summed E-state index contributed by atoms with van der Waals surface area (Å²) in [4.78, 5) is 13.8. The van der Waals surface area contributed by atoms with Gasteiger partial charge in [-0.05, 0) is 18.1 Å². The first kappa shape index (κ1) is 10.3. The SMILES string of the molecule is CC(C)CC(=O)N1CCn2cccc2C1. The lowest BCUT2D eigenvalue weighted by Gasteiger charge is -2.29. The lowest BCUT2D eigenvalue weighted by molar-refractivity contribution is -0.133. The van der Waals surface area contributed by atoms with Gasteiger partial charge in [-0.1, -0.05) is 13.8 Å². The van der Waals surface area contributed by atoms with Crippen LogP contribution in [-0.4, -0.2) is 21.9 Å². The molecule has 0 N–H and O–H groups in total. The first-order valence-electron chi connectivity index (χ1n) is 5.58. The number of fused-ring (bicyclic) bond motifs is 1. The Balaban J connectivity index is 2.00. The summed E-state index contributed by atoms with van der Waals surface area (Å²) >= 11 is 0.